The average molecular weight is 258 g/mol. The van der Waals surface area contributed by atoms with E-state index in [4.69, 9.17) is 25.1 Å². The van der Waals surface area contributed by atoms with E-state index in [1.807, 2.05) is 0 Å². The highest BCUT2D eigenvalue weighted by molar-refractivity contribution is 7.46. The Bertz CT molecular complexity index is 307. The van der Waals surface area contributed by atoms with Gasteiger partial charge in [-0.15, -0.1) is 0 Å². The van der Waals surface area contributed by atoms with Crippen LogP contribution in [0.1, 0.15) is 0 Å². The zero-order chi connectivity index (χ0) is 12.9. The molecule has 0 radical (unpaired) electrons. The fraction of sp³-hybridized carbons (Fsp3) is 0.667. The summed E-state index contributed by atoms with van der Waals surface area (Å²) in [4.78, 5) is 38.0. The first kappa shape index (κ1) is 15.3. The van der Waals surface area contributed by atoms with E-state index in [-0.39, 0.29) is 0 Å². The van der Waals surface area contributed by atoms with Crippen LogP contribution in [0.2, 0.25) is 0 Å². The Balaban J connectivity index is 4.29. The molecule has 0 aromatic heterocycles. The number of rotatable bonds is 7. The summed E-state index contributed by atoms with van der Waals surface area (Å²) in [7, 11) is -4.87. The lowest BCUT2D eigenvalue weighted by Crippen LogP contribution is -2.42. The van der Waals surface area contributed by atoms with Crippen LogP contribution in [-0.2, 0) is 18.7 Å². The van der Waals surface area contributed by atoms with Crippen molar-refractivity contribution in [2.24, 2.45) is 0 Å². The third-order valence-corrected chi connectivity index (χ3v) is 1.96. The molecule has 5 N–H and O–H groups in total. The zero-order valence-corrected chi connectivity index (χ0v) is 8.78. The highest BCUT2D eigenvalue weighted by Gasteiger charge is 2.30. The molecule has 0 saturated heterocycles. The van der Waals surface area contributed by atoms with Crippen molar-refractivity contribution in [2.45, 2.75) is 12.2 Å². The summed E-state index contributed by atoms with van der Waals surface area (Å²) >= 11 is 0. The van der Waals surface area contributed by atoms with Gasteiger partial charge < -0.3 is 25.1 Å². The van der Waals surface area contributed by atoms with Crippen LogP contribution in [0.4, 0.5) is 0 Å². The van der Waals surface area contributed by atoms with Crippen molar-refractivity contribution < 1.29 is 43.8 Å². The number of aliphatic hydroxyl groups excluding tert-OH is 3. The maximum absolute atomic E-state index is 10.9. The highest BCUT2D eigenvalue weighted by atomic mass is 31.2. The van der Waals surface area contributed by atoms with Crippen molar-refractivity contribution in [3.8, 4) is 0 Å². The van der Waals surface area contributed by atoms with Crippen LogP contribution in [0, 0.1) is 0 Å². The summed E-state index contributed by atoms with van der Waals surface area (Å²) in [5.41, 5.74) is 0. The molecular weight excluding hydrogens is 247 g/mol. The maximum Gasteiger partial charge on any atom is 0.470 e. The van der Waals surface area contributed by atoms with Crippen LogP contribution in [-0.4, -0.2) is 62.1 Å². The lowest BCUT2D eigenvalue weighted by atomic mass is 10.1. The topological polar surface area (TPSA) is 162 Å². The second-order valence-electron chi connectivity index (χ2n) is 2.74. The first-order valence-electron chi connectivity index (χ1n) is 3.91. The van der Waals surface area contributed by atoms with E-state index in [9.17, 15) is 14.2 Å². The van der Waals surface area contributed by atoms with Crippen LogP contribution >= 0.6 is 7.82 Å². The first-order chi connectivity index (χ1) is 7.19. The SMILES string of the molecule is O=C(CO)[C@@H](O)[C@H](O)C(=O)COP(=O)(O)O. The number of phosphoric ester groups is 1. The minimum Gasteiger partial charge on any atom is -0.388 e. The van der Waals surface area contributed by atoms with Gasteiger partial charge in [-0.1, -0.05) is 0 Å². The number of hydrogen-bond donors (Lipinski definition) is 5. The van der Waals surface area contributed by atoms with E-state index in [1.54, 1.807) is 0 Å². The molecule has 9 nitrogen and oxygen atoms in total. The van der Waals surface area contributed by atoms with Gasteiger partial charge >= 0.3 is 7.82 Å². The molecule has 0 aliphatic heterocycles. The van der Waals surface area contributed by atoms with E-state index >= 15 is 0 Å². The number of Topliss-reactive ketones (excluding diaryl/α,β-unsaturated/α-hetero) is 2. The minimum absolute atomic E-state index is 1.08. The van der Waals surface area contributed by atoms with Gasteiger partial charge in [0.1, 0.15) is 25.4 Å². The van der Waals surface area contributed by atoms with Gasteiger partial charge in [0.25, 0.3) is 0 Å². The predicted octanol–water partition coefficient (Wildman–Crippen LogP) is -3.05. The number of ketones is 2. The monoisotopic (exact) mass is 258 g/mol. The second kappa shape index (κ2) is 6.16. The van der Waals surface area contributed by atoms with E-state index in [0.717, 1.165) is 0 Å². The molecule has 0 bridgehead atoms. The summed E-state index contributed by atoms with van der Waals surface area (Å²) in [6, 6.07) is 0. The molecule has 0 saturated carbocycles. The van der Waals surface area contributed by atoms with Crippen LogP contribution in [0.25, 0.3) is 0 Å². The molecule has 0 aliphatic carbocycles. The van der Waals surface area contributed by atoms with Crippen molar-refractivity contribution >= 4 is 19.4 Å². The molecule has 10 heteroatoms. The molecule has 0 spiro atoms. The Morgan fingerprint density at radius 2 is 1.56 bits per heavy atom. The van der Waals surface area contributed by atoms with Crippen LogP contribution in [0.3, 0.4) is 0 Å². The maximum atomic E-state index is 10.9. The summed E-state index contributed by atoms with van der Waals surface area (Å²) in [6.45, 7) is -2.24. The molecule has 0 fully saturated rings. The van der Waals surface area contributed by atoms with Crippen LogP contribution in [0.5, 0.6) is 0 Å². The summed E-state index contributed by atoms with van der Waals surface area (Å²) < 4.78 is 13.9. The molecule has 0 rings (SSSR count). The summed E-state index contributed by atoms with van der Waals surface area (Å²) in [5.74, 6) is -2.49. The predicted molar refractivity (Wildman–Crippen MR) is 47.1 cm³/mol. The Morgan fingerprint density at radius 1 is 1.12 bits per heavy atom. The lowest BCUT2D eigenvalue weighted by Gasteiger charge is -2.14. The molecule has 0 aromatic rings. The van der Waals surface area contributed by atoms with Crippen molar-refractivity contribution in [3.63, 3.8) is 0 Å². The van der Waals surface area contributed by atoms with Crippen LogP contribution < -0.4 is 0 Å². The molecule has 0 aliphatic rings. The second-order valence-corrected chi connectivity index (χ2v) is 3.98. The molecule has 2 atom stereocenters. The number of phosphoric acid groups is 1. The van der Waals surface area contributed by atoms with Gasteiger partial charge in [-0.2, -0.15) is 0 Å². The molecular formula is C6H11O9P. The standard InChI is InChI=1S/C6H11O9P/c7-1-3(8)5(10)6(11)4(9)2-15-16(12,13)14/h5-7,10-11H,1-2H2,(H2,12,13,14)/t5-,6-/m1/s1. The van der Waals surface area contributed by atoms with Gasteiger partial charge in [0.05, 0.1) is 0 Å². The van der Waals surface area contributed by atoms with Crippen molar-refractivity contribution in [2.75, 3.05) is 13.2 Å². The number of carbonyl (C=O) groups is 2. The van der Waals surface area contributed by atoms with Gasteiger partial charge in [0.2, 0.25) is 0 Å². The molecule has 16 heavy (non-hydrogen) atoms. The van der Waals surface area contributed by atoms with Gasteiger partial charge in [0, 0.05) is 0 Å². The van der Waals surface area contributed by atoms with Crippen molar-refractivity contribution in [1.82, 2.24) is 0 Å². The van der Waals surface area contributed by atoms with Crippen molar-refractivity contribution in [1.29, 1.82) is 0 Å². The fourth-order valence-electron chi connectivity index (χ4n) is 0.679. The number of aliphatic hydroxyl groups is 3. The molecule has 0 heterocycles. The van der Waals surface area contributed by atoms with Gasteiger partial charge in [0.15, 0.2) is 11.6 Å². The third-order valence-electron chi connectivity index (χ3n) is 1.49. The fourth-order valence-corrected chi connectivity index (χ4v) is 0.974. The van der Waals surface area contributed by atoms with E-state index in [2.05, 4.69) is 4.52 Å². The third kappa shape index (κ3) is 5.42. The normalized spacial score (nSPS) is 15.6. The Labute approximate surface area is 89.5 Å². The molecule has 0 amide bonds. The lowest BCUT2D eigenvalue weighted by molar-refractivity contribution is -0.146. The molecule has 94 valence electrons. The molecule has 0 aromatic carbocycles. The Hall–Kier alpha value is -0.670. The van der Waals surface area contributed by atoms with E-state index < -0.39 is 44.8 Å². The quantitative estimate of drug-likeness (QED) is 0.298. The number of hydrogen-bond acceptors (Lipinski definition) is 7. The minimum atomic E-state index is -4.87. The van der Waals surface area contributed by atoms with Crippen molar-refractivity contribution in [3.05, 3.63) is 0 Å². The summed E-state index contributed by atoms with van der Waals surface area (Å²) in [6.07, 6.45) is -4.36. The number of carbonyl (C=O) groups excluding carboxylic acids is 2. The van der Waals surface area contributed by atoms with Crippen LogP contribution in [0.15, 0.2) is 0 Å². The smallest absolute Gasteiger partial charge is 0.388 e. The zero-order valence-electron chi connectivity index (χ0n) is 7.89. The van der Waals surface area contributed by atoms with E-state index in [0.29, 0.717) is 0 Å². The van der Waals surface area contributed by atoms with Gasteiger partial charge in [-0.25, -0.2) is 4.57 Å². The average Bonchev–Trinajstić information content (AvgIpc) is 2.21. The molecule has 0 unspecified atom stereocenters. The highest BCUT2D eigenvalue weighted by Crippen LogP contribution is 2.35. The largest absolute Gasteiger partial charge is 0.470 e. The Morgan fingerprint density at radius 3 is 1.94 bits per heavy atom. The van der Waals surface area contributed by atoms with Gasteiger partial charge in [-0.3, -0.25) is 14.1 Å². The Kier molecular flexibility index (Phi) is 5.90. The summed E-state index contributed by atoms with van der Waals surface area (Å²) in [5, 5.41) is 26.3. The first-order valence-corrected chi connectivity index (χ1v) is 5.44. The van der Waals surface area contributed by atoms with E-state index in [1.165, 1.54) is 0 Å². The van der Waals surface area contributed by atoms with Gasteiger partial charge in [-0.05, 0) is 0 Å².